The van der Waals surface area contributed by atoms with Crippen LogP contribution in [0.1, 0.15) is 24.5 Å². The monoisotopic (exact) mass is 310 g/mol. The third kappa shape index (κ3) is 2.61. The van der Waals surface area contributed by atoms with Crippen molar-refractivity contribution in [1.82, 2.24) is 9.97 Å². The normalized spacial score (nSPS) is 15.1. The molecule has 2 heterocycles. The van der Waals surface area contributed by atoms with Crippen LogP contribution in [0.5, 0.6) is 0 Å². The van der Waals surface area contributed by atoms with Crippen molar-refractivity contribution < 1.29 is 8.42 Å². The maximum absolute atomic E-state index is 12.3. The fourth-order valence-corrected chi connectivity index (χ4v) is 4.05. The van der Waals surface area contributed by atoms with Gasteiger partial charge in [0, 0.05) is 24.5 Å². The van der Waals surface area contributed by atoms with Crippen LogP contribution in [0.2, 0.25) is 0 Å². The molecule has 2 aromatic heterocycles. The molecule has 0 spiro atoms. The highest BCUT2D eigenvalue weighted by Gasteiger charge is 2.27. The molecular formula is C12H14N4O2S2. The maximum atomic E-state index is 12.3. The van der Waals surface area contributed by atoms with Crippen LogP contribution < -0.4 is 10.0 Å². The first-order valence-electron chi connectivity index (χ1n) is 6.21. The van der Waals surface area contributed by atoms with Crippen LogP contribution in [-0.2, 0) is 10.0 Å². The first-order valence-corrected chi connectivity index (χ1v) is 8.57. The first kappa shape index (κ1) is 13.3. The summed E-state index contributed by atoms with van der Waals surface area (Å²) < 4.78 is 27.1. The van der Waals surface area contributed by atoms with Gasteiger partial charge in [0.1, 0.15) is 0 Å². The minimum atomic E-state index is -3.72. The summed E-state index contributed by atoms with van der Waals surface area (Å²) in [6.45, 7) is 0. The Kier molecular flexibility index (Phi) is 3.35. The number of sulfonamides is 1. The topological polar surface area (TPSA) is 84.0 Å². The Labute approximate surface area is 121 Å². The van der Waals surface area contributed by atoms with Crippen molar-refractivity contribution in [1.29, 1.82) is 0 Å². The van der Waals surface area contributed by atoms with Gasteiger partial charge in [-0.3, -0.25) is 4.72 Å². The standard InChI is InChI=1S/C12H14N4O2S2/c1-13-9-3-2-6-14-11(9)20(17,18)16-12-15-10(7-19-12)8-4-5-8/h2-3,6-8,13H,4-5H2,1H3,(H,15,16). The quantitative estimate of drug-likeness (QED) is 0.885. The molecule has 0 amide bonds. The lowest BCUT2D eigenvalue weighted by molar-refractivity contribution is 0.598. The Morgan fingerprint density at radius 1 is 1.40 bits per heavy atom. The minimum Gasteiger partial charge on any atom is -0.386 e. The van der Waals surface area contributed by atoms with Gasteiger partial charge in [-0.15, -0.1) is 11.3 Å². The lowest BCUT2D eigenvalue weighted by Crippen LogP contribution is -2.16. The molecule has 1 fully saturated rings. The number of nitrogens with one attached hydrogen (secondary N) is 2. The summed E-state index contributed by atoms with van der Waals surface area (Å²) in [5.41, 5.74) is 1.43. The first-order chi connectivity index (χ1) is 9.60. The molecule has 2 aromatic rings. The highest BCUT2D eigenvalue weighted by Crippen LogP contribution is 2.41. The number of anilines is 2. The molecule has 1 saturated carbocycles. The molecule has 0 aliphatic heterocycles. The predicted molar refractivity (Wildman–Crippen MR) is 78.7 cm³/mol. The second kappa shape index (κ2) is 5.02. The van der Waals surface area contributed by atoms with Gasteiger partial charge in [-0.2, -0.15) is 8.42 Å². The zero-order valence-electron chi connectivity index (χ0n) is 10.8. The van der Waals surface area contributed by atoms with Crippen molar-refractivity contribution in [3.05, 3.63) is 29.4 Å². The van der Waals surface area contributed by atoms with Crippen molar-refractivity contribution in [3.8, 4) is 0 Å². The van der Waals surface area contributed by atoms with Gasteiger partial charge < -0.3 is 5.32 Å². The Morgan fingerprint density at radius 2 is 2.20 bits per heavy atom. The molecule has 20 heavy (non-hydrogen) atoms. The van der Waals surface area contributed by atoms with Crippen molar-refractivity contribution >= 4 is 32.2 Å². The zero-order valence-corrected chi connectivity index (χ0v) is 12.5. The molecule has 0 saturated heterocycles. The van der Waals surface area contributed by atoms with Gasteiger partial charge in [-0.25, -0.2) is 9.97 Å². The molecule has 1 aliphatic carbocycles. The lowest BCUT2D eigenvalue weighted by Gasteiger charge is -2.08. The molecule has 2 N–H and O–H groups in total. The third-order valence-electron chi connectivity index (χ3n) is 3.03. The minimum absolute atomic E-state index is 0.0225. The van der Waals surface area contributed by atoms with E-state index in [0.717, 1.165) is 18.5 Å². The van der Waals surface area contributed by atoms with E-state index in [2.05, 4.69) is 20.0 Å². The summed E-state index contributed by atoms with van der Waals surface area (Å²) in [6.07, 6.45) is 3.73. The lowest BCUT2D eigenvalue weighted by atomic mass is 10.3. The van der Waals surface area contributed by atoms with Crippen LogP contribution in [0.15, 0.2) is 28.7 Å². The number of thiazole rings is 1. The van der Waals surface area contributed by atoms with Crippen molar-refractivity contribution in [2.45, 2.75) is 23.8 Å². The van der Waals surface area contributed by atoms with Crippen LogP contribution in [-0.4, -0.2) is 25.4 Å². The Balaban J connectivity index is 1.87. The summed E-state index contributed by atoms with van der Waals surface area (Å²) in [4.78, 5) is 8.25. The summed E-state index contributed by atoms with van der Waals surface area (Å²) in [6, 6.07) is 3.35. The Hall–Kier alpha value is -1.67. The summed E-state index contributed by atoms with van der Waals surface area (Å²) in [5, 5.41) is 5.10. The molecule has 0 bridgehead atoms. The molecule has 6 nitrogen and oxygen atoms in total. The van der Waals surface area contributed by atoms with Gasteiger partial charge in [-0.05, 0) is 25.0 Å². The van der Waals surface area contributed by atoms with E-state index in [1.807, 2.05) is 5.38 Å². The van der Waals surface area contributed by atoms with Crippen molar-refractivity contribution in [2.24, 2.45) is 0 Å². The van der Waals surface area contributed by atoms with Gasteiger partial charge in [0.15, 0.2) is 10.2 Å². The number of hydrogen-bond acceptors (Lipinski definition) is 6. The summed E-state index contributed by atoms with van der Waals surface area (Å²) in [7, 11) is -2.07. The molecule has 0 atom stereocenters. The Bertz CT molecular complexity index is 723. The van der Waals surface area contributed by atoms with Crippen LogP contribution in [0.4, 0.5) is 10.8 Å². The molecule has 0 aromatic carbocycles. The number of hydrogen-bond donors (Lipinski definition) is 2. The highest BCUT2D eigenvalue weighted by atomic mass is 32.2. The van der Waals surface area contributed by atoms with Crippen LogP contribution >= 0.6 is 11.3 Å². The molecule has 3 rings (SSSR count). The molecule has 0 radical (unpaired) electrons. The highest BCUT2D eigenvalue weighted by molar-refractivity contribution is 7.93. The maximum Gasteiger partial charge on any atom is 0.283 e. The van der Waals surface area contributed by atoms with Gasteiger partial charge in [0.05, 0.1) is 11.4 Å². The second-order valence-electron chi connectivity index (χ2n) is 4.56. The summed E-state index contributed by atoms with van der Waals surface area (Å²) >= 11 is 1.30. The van der Waals surface area contributed by atoms with E-state index in [4.69, 9.17) is 0 Å². The van der Waals surface area contributed by atoms with E-state index in [0.29, 0.717) is 16.7 Å². The molecule has 0 unspecified atom stereocenters. The summed E-state index contributed by atoms with van der Waals surface area (Å²) in [5.74, 6) is 0.507. The number of pyridine rings is 1. The van der Waals surface area contributed by atoms with Gasteiger partial charge in [0.2, 0.25) is 0 Å². The predicted octanol–water partition coefficient (Wildman–Crippen LogP) is 2.26. The average Bonchev–Trinajstić information content (AvgIpc) is 3.20. The van der Waals surface area contributed by atoms with Gasteiger partial charge >= 0.3 is 0 Å². The average molecular weight is 310 g/mol. The van der Waals surface area contributed by atoms with Crippen LogP contribution in [0.3, 0.4) is 0 Å². The van der Waals surface area contributed by atoms with Gasteiger partial charge in [-0.1, -0.05) is 0 Å². The van der Waals surface area contributed by atoms with Crippen molar-refractivity contribution in [3.63, 3.8) is 0 Å². The molecule has 106 valence electrons. The number of nitrogens with zero attached hydrogens (tertiary/aromatic N) is 2. The second-order valence-corrected chi connectivity index (χ2v) is 7.02. The third-order valence-corrected chi connectivity index (χ3v) is 5.24. The smallest absolute Gasteiger partial charge is 0.283 e. The van der Waals surface area contributed by atoms with E-state index in [9.17, 15) is 8.42 Å². The zero-order chi connectivity index (χ0) is 14.2. The van der Waals surface area contributed by atoms with E-state index in [1.165, 1.54) is 17.5 Å². The fourth-order valence-electron chi connectivity index (χ4n) is 1.86. The SMILES string of the molecule is CNc1cccnc1S(=O)(=O)Nc1nc(C2CC2)cs1. The molecular weight excluding hydrogens is 296 g/mol. The number of rotatable bonds is 5. The van der Waals surface area contributed by atoms with Crippen molar-refractivity contribution in [2.75, 3.05) is 17.1 Å². The fraction of sp³-hybridized carbons (Fsp3) is 0.333. The van der Waals surface area contributed by atoms with E-state index < -0.39 is 10.0 Å². The molecule has 8 heteroatoms. The van der Waals surface area contributed by atoms with Crippen LogP contribution in [0, 0.1) is 0 Å². The number of aromatic nitrogens is 2. The van der Waals surface area contributed by atoms with Crippen LogP contribution in [0.25, 0.3) is 0 Å². The van der Waals surface area contributed by atoms with E-state index >= 15 is 0 Å². The van der Waals surface area contributed by atoms with E-state index in [-0.39, 0.29) is 5.03 Å². The van der Waals surface area contributed by atoms with E-state index in [1.54, 1.807) is 19.2 Å². The largest absolute Gasteiger partial charge is 0.386 e. The van der Waals surface area contributed by atoms with Gasteiger partial charge in [0.25, 0.3) is 10.0 Å². The molecule has 1 aliphatic rings. The Morgan fingerprint density at radius 3 is 2.90 bits per heavy atom.